The summed E-state index contributed by atoms with van der Waals surface area (Å²) in [5.41, 5.74) is 2.84. The minimum atomic E-state index is -3.93. The van der Waals surface area contributed by atoms with Gasteiger partial charge in [0.1, 0.15) is 0 Å². The van der Waals surface area contributed by atoms with Gasteiger partial charge in [-0.05, 0) is 74.4 Å². The molecule has 0 aliphatic heterocycles. The van der Waals surface area contributed by atoms with Crippen molar-refractivity contribution in [3.63, 3.8) is 0 Å². The fourth-order valence-corrected chi connectivity index (χ4v) is 5.86. The molecular formula is C22H23ClN2O4S2. The van der Waals surface area contributed by atoms with E-state index in [1.54, 1.807) is 44.2 Å². The van der Waals surface area contributed by atoms with Crippen molar-refractivity contribution in [1.82, 2.24) is 0 Å². The molecule has 164 valence electrons. The van der Waals surface area contributed by atoms with E-state index in [0.29, 0.717) is 21.8 Å². The van der Waals surface area contributed by atoms with Crippen LogP contribution in [0.2, 0.25) is 5.02 Å². The number of anilines is 2. The number of hydrogen-bond acceptors (Lipinski definition) is 4. The molecule has 6 nitrogen and oxygen atoms in total. The lowest BCUT2D eigenvalue weighted by molar-refractivity contribution is 0.593. The molecule has 0 heterocycles. The summed E-state index contributed by atoms with van der Waals surface area (Å²) in [6, 6.07) is 15.8. The lowest BCUT2D eigenvalue weighted by Gasteiger charge is -2.23. The second-order valence-electron chi connectivity index (χ2n) is 7.30. The van der Waals surface area contributed by atoms with E-state index in [0.717, 1.165) is 9.87 Å². The van der Waals surface area contributed by atoms with E-state index >= 15 is 0 Å². The van der Waals surface area contributed by atoms with Crippen molar-refractivity contribution < 1.29 is 16.8 Å². The first-order valence-electron chi connectivity index (χ1n) is 9.37. The molecule has 31 heavy (non-hydrogen) atoms. The number of hydrogen-bond donors (Lipinski definition) is 1. The van der Waals surface area contributed by atoms with E-state index in [9.17, 15) is 16.8 Å². The van der Waals surface area contributed by atoms with Gasteiger partial charge in [0, 0.05) is 17.8 Å². The average molecular weight is 479 g/mol. The van der Waals surface area contributed by atoms with Gasteiger partial charge in [-0.2, -0.15) is 0 Å². The maximum Gasteiger partial charge on any atom is 0.264 e. The van der Waals surface area contributed by atoms with Crippen molar-refractivity contribution in [2.24, 2.45) is 0 Å². The molecule has 1 N–H and O–H groups in total. The van der Waals surface area contributed by atoms with Gasteiger partial charge in [-0.1, -0.05) is 35.4 Å². The minimum absolute atomic E-state index is 0.00633. The van der Waals surface area contributed by atoms with Gasteiger partial charge >= 0.3 is 0 Å². The summed E-state index contributed by atoms with van der Waals surface area (Å²) in [5, 5.41) is 0.420. The van der Waals surface area contributed by atoms with Crippen LogP contribution in [0.3, 0.4) is 0 Å². The third-order valence-electron chi connectivity index (χ3n) is 4.90. The van der Waals surface area contributed by atoms with Crippen molar-refractivity contribution in [2.75, 3.05) is 16.1 Å². The molecule has 0 aromatic heterocycles. The second-order valence-corrected chi connectivity index (χ2v) is 11.4. The first-order chi connectivity index (χ1) is 14.4. The molecule has 0 radical (unpaired) electrons. The highest BCUT2D eigenvalue weighted by atomic mass is 35.5. The molecule has 0 aliphatic carbocycles. The minimum Gasteiger partial charge on any atom is -0.280 e. The van der Waals surface area contributed by atoms with E-state index in [1.165, 1.54) is 37.4 Å². The standard InChI is InChI=1S/C22H23ClN2O4S2/c1-15-5-9-19(10-6-15)24-30(26,27)22-14-21(16(2)13-17(22)3)25(4)31(28,29)20-11-7-18(23)8-12-20/h5-14,24H,1-4H3. The van der Waals surface area contributed by atoms with Crippen molar-refractivity contribution >= 4 is 43.0 Å². The maximum atomic E-state index is 13.1. The predicted molar refractivity (Wildman–Crippen MR) is 125 cm³/mol. The van der Waals surface area contributed by atoms with Crippen molar-refractivity contribution in [3.05, 3.63) is 82.4 Å². The highest BCUT2D eigenvalue weighted by Crippen LogP contribution is 2.31. The molecule has 0 atom stereocenters. The number of halogens is 1. The number of rotatable bonds is 6. The van der Waals surface area contributed by atoms with Gasteiger partial charge in [0.2, 0.25) is 0 Å². The predicted octanol–water partition coefficient (Wildman–Crippen LogP) is 4.89. The first-order valence-corrected chi connectivity index (χ1v) is 12.7. The van der Waals surface area contributed by atoms with Crippen LogP contribution in [-0.2, 0) is 20.0 Å². The van der Waals surface area contributed by atoms with E-state index in [2.05, 4.69) is 4.72 Å². The Morgan fingerprint density at radius 2 is 1.39 bits per heavy atom. The zero-order chi connectivity index (χ0) is 23.0. The second kappa shape index (κ2) is 8.53. The summed E-state index contributed by atoms with van der Waals surface area (Å²) in [6.45, 7) is 5.32. The number of nitrogens with one attached hydrogen (secondary N) is 1. The van der Waals surface area contributed by atoms with Gasteiger partial charge in [-0.25, -0.2) is 16.8 Å². The van der Waals surface area contributed by atoms with Gasteiger partial charge in [0.15, 0.2) is 0 Å². The Morgan fingerprint density at radius 3 is 1.97 bits per heavy atom. The van der Waals surface area contributed by atoms with E-state index in [4.69, 9.17) is 11.6 Å². The Bertz CT molecular complexity index is 1320. The monoisotopic (exact) mass is 478 g/mol. The normalized spacial score (nSPS) is 11.9. The highest BCUT2D eigenvalue weighted by molar-refractivity contribution is 7.93. The van der Waals surface area contributed by atoms with Crippen molar-refractivity contribution in [3.8, 4) is 0 Å². The summed E-state index contributed by atoms with van der Waals surface area (Å²) < 4.78 is 55.9. The molecule has 3 aromatic rings. The Morgan fingerprint density at radius 1 is 0.806 bits per heavy atom. The highest BCUT2D eigenvalue weighted by Gasteiger charge is 2.26. The molecule has 9 heteroatoms. The first kappa shape index (κ1) is 23.1. The molecule has 0 amide bonds. The third kappa shape index (κ3) is 4.87. The smallest absolute Gasteiger partial charge is 0.264 e. The van der Waals surface area contributed by atoms with Crippen LogP contribution in [0.15, 0.2) is 70.5 Å². The Hall–Kier alpha value is -2.55. The summed E-state index contributed by atoms with van der Waals surface area (Å²) in [7, 11) is -6.45. The summed E-state index contributed by atoms with van der Waals surface area (Å²) in [6.07, 6.45) is 0. The Labute approximate surface area is 188 Å². The molecule has 0 bridgehead atoms. The van der Waals surface area contributed by atoms with Crippen LogP contribution in [0.4, 0.5) is 11.4 Å². The fraction of sp³-hybridized carbons (Fsp3) is 0.182. The van der Waals surface area contributed by atoms with Gasteiger partial charge in [0.25, 0.3) is 20.0 Å². The van der Waals surface area contributed by atoms with Crippen LogP contribution in [-0.4, -0.2) is 23.9 Å². The van der Waals surface area contributed by atoms with Gasteiger partial charge < -0.3 is 0 Å². The van der Waals surface area contributed by atoms with Crippen molar-refractivity contribution in [2.45, 2.75) is 30.6 Å². The molecule has 3 rings (SSSR count). The SMILES string of the molecule is Cc1ccc(NS(=O)(=O)c2cc(N(C)S(=O)(=O)c3ccc(Cl)cc3)c(C)cc2C)cc1. The van der Waals surface area contributed by atoms with E-state index in [-0.39, 0.29) is 15.5 Å². The van der Waals surface area contributed by atoms with Crippen molar-refractivity contribution in [1.29, 1.82) is 0 Å². The average Bonchev–Trinajstić information content (AvgIpc) is 2.69. The maximum absolute atomic E-state index is 13.1. The molecule has 0 saturated heterocycles. The number of benzene rings is 3. The van der Waals surface area contributed by atoms with Crippen LogP contribution in [0, 0.1) is 20.8 Å². The molecule has 0 spiro atoms. The molecule has 0 fully saturated rings. The van der Waals surface area contributed by atoms with Gasteiger partial charge in [0.05, 0.1) is 15.5 Å². The number of aryl methyl sites for hydroxylation is 3. The van der Waals surface area contributed by atoms with Crippen LogP contribution < -0.4 is 9.03 Å². The summed E-state index contributed by atoms with van der Waals surface area (Å²) in [5.74, 6) is 0. The molecule has 3 aromatic carbocycles. The molecular weight excluding hydrogens is 456 g/mol. The lowest BCUT2D eigenvalue weighted by Crippen LogP contribution is -2.27. The number of sulfonamides is 2. The lowest BCUT2D eigenvalue weighted by atomic mass is 10.1. The van der Waals surface area contributed by atoms with Crippen LogP contribution in [0.25, 0.3) is 0 Å². The van der Waals surface area contributed by atoms with Gasteiger partial charge in [-0.3, -0.25) is 9.03 Å². The van der Waals surface area contributed by atoms with Gasteiger partial charge in [-0.15, -0.1) is 0 Å². The molecule has 0 aliphatic rings. The van der Waals surface area contributed by atoms with Crippen LogP contribution in [0.1, 0.15) is 16.7 Å². The third-order valence-corrected chi connectivity index (χ3v) is 8.46. The summed E-state index contributed by atoms with van der Waals surface area (Å²) in [4.78, 5) is 0.0633. The number of nitrogens with zero attached hydrogens (tertiary/aromatic N) is 1. The molecule has 0 saturated carbocycles. The van der Waals surface area contributed by atoms with E-state index < -0.39 is 20.0 Å². The molecule has 0 unspecified atom stereocenters. The fourth-order valence-electron chi connectivity index (χ4n) is 3.18. The summed E-state index contributed by atoms with van der Waals surface area (Å²) >= 11 is 5.86. The Balaban J connectivity index is 2.04. The largest absolute Gasteiger partial charge is 0.280 e. The zero-order valence-electron chi connectivity index (χ0n) is 17.5. The Kier molecular flexibility index (Phi) is 6.36. The van der Waals surface area contributed by atoms with Crippen LogP contribution >= 0.6 is 11.6 Å². The topological polar surface area (TPSA) is 83.6 Å². The van der Waals surface area contributed by atoms with E-state index in [1.807, 2.05) is 6.92 Å². The van der Waals surface area contributed by atoms with Crippen LogP contribution in [0.5, 0.6) is 0 Å². The quantitative estimate of drug-likeness (QED) is 0.546. The zero-order valence-corrected chi connectivity index (χ0v) is 19.9.